The van der Waals surface area contributed by atoms with Crippen molar-refractivity contribution in [1.29, 1.82) is 0 Å². The number of para-hydroxylation sites is 1. The lowest BCUT2D eigenvalue weighted by molar-refractivity contribution is -0.117. The largest absolute Gasteiger partial charge is 0.457 e. The lowest BCUT2D eigenvalue weighted by Gasteiger charge is -2.14. The van der Waals surface area contributed by atoms with Crippen molar-refractivity contribution in [2.75, 3.05) is 11.9 Å². The number of anilines is 1. The first-order valence-electron chi connectivity index (χ1n) is 8.93. The number of halogens is 1. The number of hydrogen-bond donors (Lipinski definition) is 3. The van der Waals surface area contributed by atoms with Gasteiger partial charge in [0.1, 0.15) is 11.5 Å². The number of nitrogens with two attached hydrogens (primary N) is 1. The van der Waals surface area contributed by atoms with Crippen LogP contribution in [0.1, 0.15) is 15.9 Å². The van der Waals surface area contributed by atoms with Gasteiger partial charge in [-0.3, -0.25) is 9.59 Å². The number of hydrogen-bond acceptors (Lipinski definition) is 4. The van der Waals surface area contributed by atoms with Gasteiger partial charge in [-0.25, -0.2) is 0 Å². The molecule has 6 nitrogen and oxygen atoms in total. The van der Waals surface area contributed by atoms with E-state index in [4.69, 9.17) is 22.1 Å². The van der Waals surface area contributed by atoms with Gasteiger partial charge in [0.2, 0.25) is 5.91 Å². The van der Waals surface area contributed by atoms with E-state index in [-0.39, 0.29) is 12.5 Å². The third-order valence-electron chi connectivity index (χ3n) is 4.09. The van der Waals surface area contributed by atoms with E-state index >= 15 is 0 Å². The third-order valence-corrected chi connectivity index (χ3v) is 4.44. The number of benzene rings is 3. The summed E-state index contributed by atoms with van der Waals surface area (Å²) in [6.45, 7) is 0.241. The van der Waals surface area contributed by atoms with Crippen LogP contribution in [0.4, 0.5) is 5.69 Å². The van der Waals surface area contributed by atoms with E-state index in [0.717, 1.165) is 17.0 Å². The summed E-state index contributed by atoms with van der Waals surface area (Å²) in [4.78, 5) is 22.7. The molecule has 3 rings (SSSR count). The van der Waals surface area contributed by atoms with E-state index in [1.165, 1.54) is 0 Å². The Morgan fingerprint density at radius 3 is 2.34 bits per heavy atom. The van der Waals surface area contributed by atoms with Gasteiger partial charge in [-0.05, 0) is 48.5 Å². The molecule has 0 aliphatic carbocycles. The van der Waals surface area contributed by atoms with Crippen molar-refractivity contribution >= 4 is 29.1 Å². The van der Waals surface area contributed by atoms with E-state index in [2.05, 4.69) is 10.6 Å². The van der Waals surface area contributed by atoms with Crippen molar-refractivity contribution in [3.05, 3.63) is 88.9 Å². The molecule has 0 heterocycles. The lowest BCUT2D eigenvalue weighted by Crippen LogP contribution is -2.33. The Morgan fingerprint density at radius 1 is 0.931 bits per heavy atom. The lowest BCUT2D eigenvalue weighted by atomic mass is 10.1. The van der Waals surface area contributed by atoms with Crippen LogP contribution < -0.4 is 21.1 Å². The van der Waals surface area contributed by atoms with Crippen molar-refractivity contribution in [1.82, 2.24) is 5.32 Å². The quantitative estimate of drug-likeness (QED) is 0.525. The number of nitrogens with one attached hydrogen (secondary N) is 2. The van der Waals surface area contributed by atoms with Crippen LogP contribution in [0.2, 0.25) is 5.02 Å². The van der Waals surface area contributed by atoms with E-state index in [9.17, 15) is 9.59 Å². The molecular weight excluding hydrogens is 390 g/mol. The minimum atomic E-state index is -0.593. The van der Waals surface area contributed by atoms with Crippen LogP contribution in [-0.2, 0) is 11.3 Å². The topological polar surface area (TPSA) is 93.5 Å². The highest BCUT2D eigenvalue weighted by atomic mass is 35.5. The maximum absolute atomic E-state index is 11.9. The zero-order chi connectivity index (χ0) is 20.6. The van der Waals surface area contributed by atoms with Crippen LogP contribution in [-0.4, -0.2) is 18.4 Å². The first-order valence-corrected chi connectivity index (χ1v) is 9.31. The molecule has 0 saturated carbocycles. The summed E-state index contributed by atoms with van der Waals surface area (Å²) in [7, 11) is 0. The van der Waals surface area contributed by atoms with Gasteiger partial charge in [-0.15, -0.1) is 0 Å². The summed E-state index contributed by atoms with van der Waals surface area (Å²) in [5.74, 6) is 0.436. The van der Waals surface area contributed by atoms with Crippen LogP contribution in [0.5, 0.6) is 11.5 Å². The normalized spacial score (nSPS) is 10.2. The summed E-state index contributed by atoms with van der Waals surface area (Å²) in [6, 6.07) is 21.8. The maximum Gasteiger partial charge on any atom is 0.251 e. The molecule has 7 heteroatoms. The summed E-state index contributed by atoms with van der Waals surface area (Å²) in [5.41, 5.74) is 7.09. The molecule has 0 unspecified atom stereocenters. The molecule has 0 bridgehead atoms. The Labute approximate surface area is 173 Å². The molecule has 0 atom stereocenters. The standard InChI is InChI=1S/C22H20ClN3O3/c23-19-7-4-8-20(29-17-5-2-1-3-6-17)18(19)13-25-16-11-9-15(10-12-16)22(28)26-14-21(24)27/h1-12,25H,13-14H2,(H2,24,27)(H,26,28). The summed E-state index contributed by atoms with van der Waals surface area (Å²) in [6.07, 6.45) is 0. The van der Waals surface area contributed by atoms with E-state index in [1.807, 2.05) is 48.5 Å². The first-order chi connectivity index (χ1) is 14.0. The number of amides is 2. The van der Waals surface area contributed by atoms with E-state index in [1.54, 1.807) is 24.3 Å². The molecule has 0 spiro atoms. The van der Waals surface area contributed by atoms with Crippen molar-refractivity contribution in [2.24, 2.45) is 5.73 Å². The summed E-state index contributed by atoms with van der Waals surface area (Å²) >= 11 is 6.38. The Bertz CT molecular complexity index is 992. The predicted molar refractivity (Wildman–Crippen MR) is 113 cm³/mol. The number of ether oxygens (including phenoxy) is 1. The van der Waals surface area contributed by atoms with Crippen molar-refractivity contribution in [3.63, 3.8) is 0 Å². The maximum atomic E-state index is 11.9. The second-order valence-electron chi connectivity index (χ2n) is 6.21. The zero-order valence-electron chi connectivity index (χ0n) is 15.5. The molecule has 2 amide bonds. The molecule has 4 N–H and O–H groups in total. The average molecular weight is 410 g/mol. The molecule has 0 aromatic heterocycles. The number of primary amides is 1. The second kappa shape index (κ2) is 9.61. The molecule has 0 aliphatic heterocycles. The molecule has 148 valence electrons. The van der Waals surface area contributed by atoms with E-state index < -0.39 is 5.91 Å². The monoisotopic (exact) mass is 409 g/mol. The molecule has 0 aliphatic rings. The van der Waals surface area contributed by atoms with Crippen LogP contribution in [0.25, 0.3) is 0 Å². The highest BCUT2D eigenvalue weighted by Crippen LogP contribution is 2.31. The molecule has 0 saturated heterocycles. The van der Waals surface area contributed by atoms with Gasteiger partial charge in [0.15, 0.2) is 0 Å². The molecule has 3 aromatic carbocycles. The molecule has 0 radical (unpaired) electrons. The fourth-order valence-electron chi connectivity index (χ4n) is 2.62. The first kappa shape index (κ1) is 20.2. The van der Waals surface area contributed by atoms with Gasteiger partial charge in [-0.1, -0.05) is 35.9 Å². The number of carbonyl (C=O) groups is 2. The Hall–Kier alpha value is -3.51. The Balaban J connectivity index is 1.67. The summed E-state index contributed by atoms with van der Waals surface area (Å²) in [5, 5.41) is 6.31. The molecule has 29 heavy (non-hydrogen) atoms. The van der Waals surface area contributed by atoms with Gasteiger partial charge in [0.25, 0.3) is 5.91 Å². The van der Waals surface area contributed by atoms with Crippen molar-refractivity contribution in [3.8, 4) is 11.5 Å². The van der Waals surface area contributed by atoms with Crippen LogP contribution in [0.15, 0.2) is 72.8 Å². The second-order valence-corrected chi connectivity index (χ2v) is 6.62. The molecule has 3 aromatic rings. The van der Waals surface area contributed by atoms with Gasteiger partial charge in [-0.2, -0.15) is 0 Å². The minimum absolute atomic E-state index is 0.199. The highest BCUT2D eigenvalue weighted by molar-refractivity contribution is 6.31. The van der Waals surface area contributed by atoms with Crippen LogP contribution in [0.3, 0.4) is 0 Å². The SMILES string of the molecule is NC(=O)CNC(=O)c1ccc(NCc2c(Cl)cccc2Oc2ccccc2)cc1. The molecule has 0 fully saturated rings. The van der Waals surface area contributed by atoms with Crippen LogP contribution in [0, 0.1) is 0 Å². The molecular formula is C22H20ClN3O3. The third kappa shape index (κ3) is 5.73. The van der Waals surface area contributed by atoms with Gasteiger partial charge in [0, 0.05) is 28.4 Å². The van der Waals surface area contributed by atoms with Gasteiger partial charge in [0.05, 0.1) is 6.54 Å². The number of carbonyl (C=O) groups excluding carboxylic acids is 2. The van der Waals surface area contributed by atoms with Crippen molar-refractivity contribution < 1.29 is 14.3 Å². The van der Waals surface area contributed by atoms with Crippen LogP contribution >= 0.6 is 11.6 Å². The number of rotatable bonds is 8. The minimum Gasteiger partial charge on any atom is -0.457 e. The fraction of sp³-hybridized carbons (Fsp3) is 0.0909. The van der Waals surface area contributed by atoms with Crippen molar-refractivity contribution in [2.45, 2.75) is 6.54 Å². The highest BCUT2D eigenvalue weighted by Gasteiger charge is 2.10. The van der Waals surface area contributed by atoms with E-state index in [0.29, 0.717) is 22.9 Å². The zero-order valence-corrected chi connectivity index (χ0v) is 16.3. The smallest absolute Gasteiger partial charge is 0.251 e. The average Bonchev–Trinajstić information content (AvgIpc) is 2.73. The summed E-state index contributed by atoms with van der Waals surface area (Å²) < 4.78 is 5.96. The predicted octanol–water partition coefficient (Wildman–Crippen LogP) is 3.96. The fourth-order valence-corrected chi connectivity index (χ4v) is 2.85. The van der Waals surface area contributed by atoms with Gasteiger partial charge < -0.3 is 21.1 Å². The Morgan fingerprint density at radius 2 is 1.66 bits per heavy atom. The van der Waals surface area contributed by atoms with Gasteiger partial charge >= 0.3 is 0 Å². The Kier molecular flexibility index (Phi) is 6.71.